The van der Waals surface area contributed by atoms with Gasteiger partial charge in [0.15, 0.2) is 0 Å². The Hall–Kier alpha value is -3.52. The summed E-state index contributed by atoms with van der Waals surface area (Å²) in [5, 5.41) is 19.0. The largest absolute Gasteiger partial charge is 0.348 e. The van der Waals surface area contributed by atoms with Crippen LogP contribution in [0.1, 0.15) is 28.9 Å². The maximum atomic E-state index is 12.7. The van der Waals surface area contributed by atoms with Crippen molar-refractivity contribution in [1.29, 1.82) is 10.8 Å². The van der Waals surface area contributed by atoms with Gasteiger partial charge in [-0.1, -0.05) is 23.7 Å². The lowest BCUT2D eigenvalue weighted by Crippen LogP contribution is -2.31. The fourth-order valence-electron chi connectivity index (χ4n) is 2.83. The van der Waals surface area contributed by atoms with Crippen LogP contribution in [0.15, 0.2) is 58.9 Å². The second-order valence-corrected chi connectivity index (χ2v) is 7.16. The molecule has 30 heavy (non-hydrogen) atoms. The van der Waals surface area contributed by atoms with Gasteiger partial charge in [-0.25, -0.2) is 0 Å². The number of nitrogens with one attached hydrogen (secondary N) is 3. The van der Waals surface area contributed by atoms with Crippen LogP contribution < -0.4 is 10.2 Å². The van der Waals surface area contributed by atoms with E-state index < -0.39 is 0 Å². The number of hydrogen-bond acceptors (Lipinski definition) is 6. The van der Waals surface area contributed by atoms with Crippen molar-refractivity contribution in [2.24, 2.45) is 4.99 Å². The zero-order valence-electron chi connectivity index (χ0n) is 16.5. The van der Waals surface area contributed by atoms with Gasteiger partial charge < -0.3 is 15.1 Å². The number of pyridine rings is 1. The van der Waals surface area contributed by atoms with Crippen LogP contribution in [-0.2, 0) is 0 Å². The van der Waals surface area contributed by atoms with Crippen LogP contribution in [-0.4, -0.2) is 47.8 Å². The maximum absolute atomic E-state index is 12.7. The molecule has 0 radical (unpaired) electrons. The Morgan fingerprint density at radius 2 is 2.13 bits per heavy atom. The molecule has 0 saturated heterocycles. The number of carbonyl (C=O) groups excluding carboxylic acids is 1. The third kappa shape index (κ3) is 5.09. The number of anilines is 2. The molecule has 9 heteroatoms. The van der Waals surface area contributed by atoms with Crippen LogP contribution in [0.5, 0.6) is 0 Å². The standard InChI is InChI=1S/C21H22ClN7O/c1-25-19(22)12-28(2)17-8-9-26-18(11-17)21(30)27-15-5-3-4-14(10-15)20(24)29(13-23)16-6-7-16/h3-5,8-13,16,23-24H,1,6-7H2,2H3,(H,27,30). The number of amides is 1. The van der Waals surface area contributed by atoms with Crippen molar-refractivity contribution in [3.8, 4) is 0 Å². The number of amidine groups is 1. The average Bonchev–Trinajstić information content (AvgIpc) is 3.59. The van der Waals surface area contributed by atoms with E-state index in [9.17, 15) is 4.79 Å². The highest BCUT2D eigenvalue weighted by Crippen LogP contribution is 2.27. The van der Waals surface area contributed by atoms with Gasteiger partial charge in [-0.05, 0) is 43.8 Å². The first-order valence-corrected chi connectivity index (χ1v) is 9.63. The molecule has 0 atom stereocenters. The van der Waals surface area contributed by atoms with Crippen molar-refractivity contribution in [2.45, 2.75) is 18.9 Å². The zero-order valence-corrected chi connectivity index (χ0v) is 17.2. The number of carbonyl (C=O) groups is 1. The van der Waals surface area contributed by atoms with Gasteiger partial charge in [0.25, 0.3) is 5.91 Å². The van der Waals surface area contributed by atoms with Gasteiger partial charge in [0.2, 0.25) is 0 Å². The molecule has 154 valence electrons. The van der Waals surface area contributed by atoms with Gasteiger partial charge in [0, 0.05) is 42.4 Å². The number of aromatic nitrogens is 1. The smallest absolute Gasteiger partial charge is 0.274 e. The van der Waals surface area contributed by atoms with Crippen LogP contribution in [0, 0.1) is 10.8 Å². The van der Waals surface area contributed by atoms with Crippen molar-refractivity contribution < 1.29 is 4.79 Å². The third-order valence-electron chi connectivity index (χ3n) is 4.57. The highest BCUT2D eigenvalue weighted by atomic mass is 35.5. The van der Waals surface area contributed by atoms with E-state index in [0.717, 1.165) is 12.8 Å². The molecule has 1 aliphatic rings. The molecule has 8 nitrogen and oxygen atoms in total. The van der Waals surface area contributed by atoms with Crippen LogP contribution in [0.2, 0.25) is 0 Å². The Morgan fingerprint density at radius 1 is 1.37 bits per heavy atom. The number of aliphatic imine (C=N–C) groups is 1. The number of nitrogens with zero attached hydrogens (tertiary/aromatic N) is 4. The van der Waals surface area contributed by atoms with Gasteiger partial charge in [0.05, 0.1) is 6.34 Å². The van der Waals surface area contributed by atoms with Crippen LogP contribution >= 0.6 is 11.6 Å². The predicted octanol–water partition coefficient (Wildman–Crippen LogP) is 3.91. The first-order valence-electron chi connectivity index (χ1n) is 9.25. The Kier molecular flexibility index (Phi) is 6.58. The van der Waals surface area contributed by atoms with Crippen molar-refractivity contribution in [3.63, 3.8) is 0 Å². The first kappa shape index (κ1) is 21.2. The summed E-state index contributed by atoms with van der Waals surface area (Å²) >= 11 is 5.88. The highest BCUT2D eigenvalue weighted by molar-refractivity contribution is 6.29. The molecule has 0 unspecified atom stereocenters. The molecule has 1 aromatic carbocycles. The average molecular weight is 424 g/mol. The minimum atomic E-state index is -0.378. The van der Waals surface area contributed by atoms with Crippen LogP contribution in [0.3, 0.4) is 0 Å². The molecular formula is C21H22ClN7O. The molecular weight excluding hydrogens is 402 g/mol. The van der Waals surface area contributed by atoms with Gasteiger partial charge in [-0.15, -0.1) is 0 Å². The quantitative estimate of drug-likeness (QED) is 0.340. The molecule has 3 N–H and O–H groups in total. The number of benzene rings is 1. The number of halogens is 1. The molecule has 2 aromatic rings. The van der Waals surface area contributed by atoms with Crippen molar-refractivity contribution in [1.82, 2.24) is 9.88 Å². The van der Waals surface area contributed by atoms with Crippen molar-refractivity contribution in [3.05, 3.63) is 65.2 Å². The Balaban J connectivity index is 1.75. The fourth-order valence-corrected chi connectivity index (χ4v) is 2.98. The fraction of sp³-hybridized carbons (Fsp3) is 0.190. The monoisotopic (exact) mass is 423 g/mol. The lowest BCUT2D eigenvalue weighted by Gasteiger charge is -2.19. The van der Waals surface area contributed by atoms with E-state index >= 15 is 0 Å². The second-order valence-electron chi connectivity index (χ2n) is 6.77. The lowest BCUT2D eigenvalue weighted by atomic mass is 10.1. The molecule has 1 aromatic heterocycles. The van der Waals surface area contributed by atoms with Gasteiger partial charge >= 0.3 is 0 Å². The summed E-state index contributed by atoms with van der Waals surface area (Å²) < 4.78 is 0. The summed E-state index contributed by atoms with van der Waals surface area (Å²) in [6, 6.07) is 10.6. The minimum absolute atomic E-state index is 0.219. The third-order valence-corrected chi connectivity index (χ3v) is 4.78. The van der Waals surface area contributed by atoms with Gasteiger partial charge in [-0.2, -0.15) is 0 Å². The maximum Gasteiger partial charge on any atom is 0.274 e. The molecule has 0 spiro atoms. The molecule has 1 amide bonds. The van der Waals surface area contributed by atoms with Crippen LogP contribution in [0.25, 0.3) is 0 Å². The Morgan fingerprint density at radius 3 is 2.80 bits per heavy atom. The molecule has 1 fully saturated rings. The van der Waals surface area contributed by atoms with Crippen molar-refractivity contribution in [2.75, 3.05) is 17.3 Å². The molecule has 1 heterocycles. The van der Waals surface area contributed by atoms with Gasteiger partial charge in [-0.3, -0.25) is 25.6 Å². The number of hydrogen-bond donors (Lipinski definition) is 3. The SMILES string of the molecule is C=NC(Cl)=CN(C)c1ccnc(C(=O)Nc2cccc(C(=N)N(C=N)C3CC3)c2)c1. The topological polar surface area (TPSA) is 109 Å². The summed E-state index contributed by atoms with van der Waals surface area (Å²) in [6.45, 7) is 3.36. The Labute approximate surface area is 179 Å². The van der Waals surface area contributed by atoms with Crippen LogP contribution in [0.4, 0.5) is 11.4 Å². The molecule has 1 saturated carbocycles. The summed E-state index contributed by atoms with van der Waals surface area (Å²) in [7, 11) is 1.77. The number of rotatable bonds is 8. The normalized spacial score (nSPS) is 13.3. The van der Waals surface area contributed by atoms with E-state index in [-0.39, 0.29) is 28.6 Å². The Bertz CT molecular complexity index is 1020. The second kappa shape index (κ2) is 9.32. The summed E-state index contributed by atoms with van der Waals surface area (Å²) in [4.78, 5) is 23.8. The molecule has 1 aliphatic carbocycles. The molecule has 0 aliphatic heterocycles. The lowest BCUT2D eigenvalue weighted by molar-refractivity contribution is 0.102. The summed E-state index contributed by atoms with van der Waals surface area (Å²) in [5.74, 6) is -0.137. The predicted molar refractivity (Wildman–Crippen MR) is 121 cm³/mol. The van der Waals surface area contributed by atoms with Gasteiger partial charge in [0.1, 0.15) is 16.7 Å². The van der Waals surface area contributed by atoms with E-state index in [1.807, 2.05) is 0 Å². The first-order chi connectivity index (χ1) is 14.4. The van der Waals surface area contributed by atoms with E-state index in [2.05, 4.69) is 22.0 Å². The summed E-state index contributed by atoms with van der Waals surface area (Å²) in [5.41, 5.74) is 2.11. The van der Waals surface area contributed by atoms with E-state index in [4.69, 9.17) is 22.4 Å². The van der Waals surface area contributed by atoms with E-state index in [1.54, 1.807) is 59.4 Å². The summed E-state index contributed by atoms with van der Waals surface area (Å²) in [6.07, 6.45) is 6.25. The zero-order chi connectivity index (χ0) is 21.7. The van der Waals surface area contributed by atoms with Crippen molar-refractivity contribution >= 4 is 47.8 Å². The molecule has 3 rings (SSSR count). The molecule has 0 bridgehead atoms. The highest BCUT2D eigenvalue weighted by Gasteiger charge is 2.30. The van der Waals surface area contributed by atoms with E-state index in [0.29, 0.717) is 16.9 Å². The minimum Gasteiger partial charge on any atom is -0.348 e. The van der Waals surface area contributed by atoms with E-state index in [1.165, 1.54) is 12.5 Å².